The molecule has 96 valence electrons. The lowest BCUT2D eigenvalue weighted by Gasteiger charge is -2.31. The maximum atomic E-state index is 6.05. The predicted octanol–water partition coefficient (Wildman–Crippen LogP) is 3.21. The first-order valence-electron chi connectivity index (χ1n) is 6.59. The Labute approximate surface area is 112 Å². The molecule has 1 saturated heterocycles. The van der Waals surface area contributed by atoms with Crippen LogP contribution in [-0.4, -0.2) is 22.7 Å². The van der Waals surface area contributed by atoms with Crippen LogP contribution >= 0.6 is 11.6 Å². The average molecular weight is 264 g/mol. The van der Waals surface area contributed by atoms with Gasteiger partial charge in [-0.25, -0.2) is 9.66 Å². The fraction of sp³-hybridized carbons (Fsp3) is 0.500. The van der Waals surface area contributed by atoms with Crippen LogP contribution in [0, 0.1) is 6.92 Å². The molecule has 4 heteroatoms. The van der Waals surface area contributed by atoms with E-state index in [9.17, 15) is 0 Å². The van der Waals surface area contributed by atoms with Crippen molar-refractivity contribution in [1.82, 2.24) is 9.66 Å². The molecule has 3 nitrogen and oxygen atoms in total. The number of piperidine rings is 1. The van der Waals surface area contributed by atoms with Crippen LogP contribution in [0.3, 0.4) is 0 Å². The van der Waals surface area contributed by atoms with E-state index in [-0.39, 0.29) is 0 Å². The predicted molar refractivity (Wildman–Crippen MR) is 75.8 cm³/mol. The number of aromatic nitrogens is 2. The molecule has 2 aromatic rings. The highest BCUT2D eigenvalue weighted by Gasteiger charge is 2.17. The lowest BCUT2D eigenvalue weighted by molar-refractivity contribution is 0.478. The van der Waals surface area contributed by atoms with Gasteiger partial charge in [-0.3, -0.25) is 0 Å². The van der Waals surface area contributed by atoms with Crippen molar-refractivity contribution >= 4 is 22.6 Å². The Morgan fingerprint density at radius 2 is 2.00 bits per heavy atom. The third-order valence-electron chi connectivity index (χ3n) is 3.59. The summed E-state index contributed by atoms with van der Waals surface area (Å²) in [6.45, 7) is 4.32. The van der Waals surface area contributed by atoms with Crippen LogP contribution in [0.25, 0.3) is 11.0 Å². The number of hydrogen-bond acceptors (Lipinski definition) is 2. The monoisotopic (exact) mass is 263 g/mol. The molecular formula is C14H18ClN3. The summed E-state index contributed by atoms with van der Waals surface area (Å²) in [6, 6.07) is 6.39. The van der Waals surface area contributed by atoms with Crippen LogP contribution in [0.2, 0.25) is 0 Å². The summed E-state index contributed by atoms with van der Waals surface area (Å²) >= 11 is 6.05. The minimum absolute atomic E-state index is 0.463. The molecule has 0 aliphatic carbocycles. The Morgan fingerprint density at radius 1 is 1.22 bits per heavy atom. The van der Waals surface area contributed by atoms with Gasteiger partial charge in [0.1, 0.15) is 5.82 Å². The van der Waals surface area contributed by atoms with E-state index in [1.807, 2.05) is 0 Å². The molecule has 0 N–H and O–H groups in total. The van der Waals surface area contributed by atoms with Gasteiger partial charge in [0, 0.05) is 13.1 Å². The quantitative estimate of drug-likeness (QED) is 0.776. The fourth-order valence-electron chi connectivity index (χ4n) is 2.70. The molecule has 1 aromatic heterocycles. The lowest BCUT2D eigenvalue weighted by atomic mass is 10.2. The van der Waals surface area contributed by atoms with Crippen molar-refractivity contribution < 1.29 is 0 Å². The lowest BCUT2D eigenvalue weighted by Crippen LogP contribution is -2.39. The molecule has 1 aliphatic heterocycles. The standard InChI is InChI=1S/C14H18ClN3/c1-11-5-6-12-13(9-11)18(14(10-15)16-12)17-7-3-2-4-8-17/h5-6,9H,2-4,7-8,10H2,1H3. The fourth-order valence-corrected chi connectivity index (χ4v) is 2.88. The summed E-state index contributed by atoms with van der Waals surface area (Å²) in [5.41, 5.74) is 3.50. The Kier molecular flexibility index (Phi) is 3.16. The molecule has 0 unspecified atom stereocenters. The maximum absolute atomic E-state index is 6.05. The van der Waals surface area contributed by atoms with Crippen LogP contribution in [0.15, 0.2) is 18.2 Å². The van der Waals surface area contributed by atoms with Crippen molar-refractivity contribution in [3.8, 4) is 0 Å². The van der Waals surface area contributed by atoms with Crippen molar-refractivity contribution in [3.63, 3.8) is 0 Å². The number of aryl methyl sites for hydroxylation is 1. The van der Waals surface area contributed by atoms with Crippen molar-refractivity contribution in [2.45, 2.75) is 32.1 Å². The van der Waals surface area contributed by atoms with Crippen molar-refractivity contribution in [2.24, 2.45) is 0 Å². The number of nitrogens with zero attached hydrogens (tertiary/aromatic N) is 3. The van der Waals surface area contributed by atoms with Gasteiger partial charge >= 0.3 is 0 Å². The minimum atomic E-state index is 0.463. The highest BCUT2D eigenvalue weighted by Crippen LogP contribution is 2.21. The van der Waals surface area contributed by atoms with Crippen molar-refractivity contribution in [3.05, 3.63) is 29.6 Å². The van der Waals surface area contributed by atoms with Gasteiger partial charge < -0.3 is 5.01 Å². The Balaban J connectivity index is 2.14. The number of rotatable bonds is 2. The first kappa shape index (κ1) is 11.8. The average Bonchev–Trinajstić information content (AvgIpc) is 2.77. The molecule has 1 aliphatic rings. The summed E-state index contributed by atoms with van der Waals surface area (Å²) in [6.07, 6.45) is 3.85. The van der Waals surface area contributed by atoms with E-state index in [0.717, 1.165) is 24.4 Å². The van der Waals surface area contributed by atoms with Gasteiger partial charge in [0.05, 0.1) is 16.9 Å². The first-order chi connectivity index (χ1) is 8.79. The molecular weight excluding hydrogens is 246 g/mol. The van der Waals surface area contributed by atoms with Crippen LogP contribution in [0.4, 0.5) is 0 Å². The van der Waals surface area contributed by atoms with E-state index in [2.05, 4.69) is 39.8 Å². The zero-order valence-corrected chi connectivity index (χ0v) is 11.5. The zero-order valence-electron chi connectivity index (χ0n) is 10.7. The molecule has 1 aromatic carbocycles. The zero-order chi connectivity index (χ0) is 12.5. The van der Waals surface area contributed by atoms with Crippen LogP contribution in [0.1, 0.15) is 30.7 Å². The largest absolute Gasteiger partial charge is 0.311 e. The van der Waals surface area contributed by atoms with Crippen molar-refractivity contribution in [2.75, 3.05) is 18.1 Å². The number of imidazole rings is 1. The van der Waals surface area contributed by atoms with E-state index >= 15 is 0 Å². The SMILES string of the molecule is Cc1ccc2nc(CCl)n(N3CCCCC3)c2c1. The summed E-state index contributed by atoms with van der Waals surface area (Å²) in [4.78, 5) is 4.64. The summed E-state index contributed by atoms with van der Waals surface area (Å²) in [5, 5.41) is 2.38. The van der Waals surface area contributed by atoms with E-state index in [1.54, 1.807) is 0 Å². The Hall–Kier alpha value is -1.22. The molecule has 0 radical (unpaired) electrons. The van der Waals surface area contributed by atoms with E-state index in [0.29, 0.717) is 5.88 Å². The smallest absolute Gasteiger partial charge is 0.143 e. The van der Waals surface area contributed by atoms with Gasteiger partial charge in [0.25, 0.3) is 0 Å². The topological polar surface area (TPSA) is 21.1 Å². The third kappa shape index (κ3) is 1.97. The second-order valence-corrected chi connectivity index (χ2v) is 5.25. The summed E-state index contributed by atoms with van der Waals surface area (Å²) in [5.74, 6) is 1.42. The van der Waals surface area contributed by atoms with Crippen molar-refractivity contribution in [1.29, 1.82) is 0 Å². The summed E-state index contributed by atoms with van der Waals surface area (Å²) in [7, 11) is 0. The number of fused-ring (bicyclic) bond motifs is 1. The van der Waals surface area contributed by atoms with Gasteiger partial charge in [-0.05, 0) is 43.9 Å². The van der Waals surface area contributed by atoms with Gasteiger partial charge in [-0.15, -0.1) is 11.6 Å². The number of halogens is 1. The molecule has 0 atom stereocenters. The number of alkyl halides is 1. The van der Waals surface area contributed by atoms with Crippen LogP contribution in [-0.2, 0) is 5.88 Å². The molecule has 0 bridgehead atoms. The molecule has 1 fully saturated rings. The van der Waals surface area contributed by atoms with E-state index in [4.69, 9.17) is 11.6 Å². The van der Waals surface area contributed by atoms with Gasteiger partial charge in [-0.1, -0.05) is 6.07 Å². The number of hydrogen-bond donors (Lipinski definition) is 0. The Bertz CT molecular complexity index is 555. The van der Waals surface area contributed by atoms with E-state index in [1.165, 1.54) is 30.3 Å². The van der Waals surface area contributed by atoms with E-state index < -0.39 is 0 Å². The number of benzene rings is 1. The summed E-state index contributed by atoms with van der Waals surface area (Å²) < 4.78 is 2.23. The maximum Gasteiger partial charge on any atom is 0.143 e. The van der Waals surface area contributed by atoms with Crippen LogP contribution in [0.5, 0.6) is 0 Å². The van der Waals surface area contributed by atoms with Gasteiger partial charge in [0.2, 0.25) is 0 Å². The molecule has 18 heavy (non-hydrogen) atoms. The second kappa shape index (κ2) is 4.81. The molecule has 2 heterocycles. The minimum Gasteiger partial charge on any atom is -0.311 e. The third-order valence-corrected chi connectivity index (χ3v) is 3.83. The molecule has 0 spiro atoms. The highest BCUT2D eigenvalue weighted by molar-refractivity contribution is 6.16. The second-order valence-electron chi connectivity index (χ2n) is 4.98. The molecule has 0 saturated carbocycles. The van der Waals surface area contributed by atoms with Crippen LogP contribution < -0.4 is 5.01 Å². The van der Waals surface area contributed by atoms with Gasteiger partial charge in [0.15, 0.2) is 0 Å². The molecule has 3 rings (SSSR count). The highest BCUT2D eigenvalue weighted by atomic mass is 35.5. The molecule has 0 amide bonds. The van der Waals surface area contributed by atoms with Gasteiger partial charge in [-0.2, -0.15) is 0 Å². The first-order valence-corrected chi connectivity index (χ1v) is 7.12. The normalized spacial score (nSPS) is 16.4. The Morgan fingerprint density at radius 3 is 2.72 bits per heavy atom.